The van der Waals surface area contributed by atoms with Crippen LogP contribution in [-0.4, -0.2) is 27.5 Å². The van der Waals surface area contributed by atoms with Crippen LogP contribution in [0.15, 0.2) is 84.9 Å². The molecule has 0 saturated heterocycles. The Morgan fingerprint density at radius 2 is 1.50 bits per heavy atom. The van der Waals surface area contributed by atoms with E-state index in [0.29, 0.717) is 24.2 Å². The molecule has 1 amide bonds. The van der Waals surface area contributed by atoms with Gasteiger partial charge >= 0.3 is 0 Å². The van der Waals surface area contributed by atoms with Gasteiger partial charge in [-0.1, -0.05) is 62.4 Å². The number of Topliss-reactive ketones (excluding diaryl/α,β-unsaturated/α-hetero) is 1. The number of nitrogens with one attached hydrogen (secondary N) is 1. The minimum Gasteiger partial charge on any atom is -0.393 e. The van der Waals surface area contributed by atoms with E-state index in [9.17, 15) is 19.1 Å². The van der Waals surface area contributed by atoms with Crippen LogP contribution in [-0.2, 0) is 11.3 Å². The summed E-state index contributed by atoms with van der Waals surface area (Å²) in [4.78, 5) is 25.6. The van der Waals surface area contributed by atoms with Crippen molar-refractivity contribution < 1.29 is 19.1 Å². The summed E-state index contributed by atoms with van der Waals surface area (Å²) in [5.74, 6) is -0.727. The van der Waals surface area contributed by atoms with Gasteiger partial charge in [0.2, 0.25) is 0 Å². The number of aliphatic hydroxyl groups is 1. The van der Waals surface area contributed by atoms with Crippen molar-refractivity contribution >= 4 is 17.4 Å². The Kier molecular flexibility index (Phi) is 8.54. The quantitative estimate of drug-likeness (QED) is 0.239. The molecule has 1 heterocycles. The van der Waals surface area contributed by atoms with Crippen LogP contribution in [0.1, 0.15) is 55.6 Å². The van der Waals surface area contributed by atoms with E-state index in [-0.39, 0.29) is 29.8 Å². The highest BCUT2D eigenvalue weighted by Crippen LogP contribution is 2.42. The van der Waals surface area contributed by atoms with Gasteiger partial charge in [0.15, 0.2) is 0 Å². The van der Waals surface area contributed by atoms with E-state index in [0.717, 1.165) is 28.1 Å². The molecule has 0 aliphatic rings. The minimum atomic E-state index is -0.808. The molecule has 6 heteroatoms. The summed E-state index contributed by atoms with van der Waals surface area (Å²) in [5.41, 5.74) is 5.16. The molecule has 0 fully saturated rings. The number of halogens is 1. The number of hydrogen-bond acceptors (Lipinski definition) is 3. The van der Waals surface area contributed by atoms with Crippen molar-refractivity contribution in [2.45, 2.75) is 52.2 Å². The van der Waals surface area contributed by atoms with Crippen molar-refractivity contribution in [2.24, 2.45) is 0 Å². The first-order valence-corrected chi connectivity index (χ1v) is 12.9. The van der Waals surface area contributed by atoms with E-state index in [2.05, 4.69) is 9.88 Å². The number of carbonyl (C=O) groups excluding carboxylic acids is 2. The minimum absolute atomic E-state index is 0.0480. The molecule has 0 aliphatic carbocycles. The summed E-state index contributed by atoms with van der Waals surface area (Å²) in [6.07, 6.45) is -0.412. The van der Waals surface area contributed by atoms with Crippen LogP contribution >= 0.6 is 0 Å². The number of anilines is 1. The molecule has 0 aliphatic heterocycles. The first-order valence-electron chi connectivity index (χ1n) is 12.9. The molecule has 0 spiro atoms. The van der Waals surface area contributed by atoms with Gasteiger partial charge in [0.25, 0.3) is 5.91 Å². The van der Waals surface area contributed by atoms with Gasteiger partial charge in [-0.05, 0) is 66.8 Å². The lowest BCUT2D eigenvalue weighted by molar-refractivity contribution is -0.118. The molecule has 4 aromatic rings. The normalized spacial score (nSPS) is 11.9. The monoisotopic (exact) mass is 512 g/mol. The van der Waals surface area contributed by atoms with Crippen molar-refractivity contribution in [3.8, 4) is 22.4 Å². The molecule has 1 aromatic heterocycles. The average Bonchev–Trinajstić information content (AvgIpc) is 3.24. The second-order valence-electron chi connectivity index (χ2n) is 9.83. The number of nitrogens with zero attached hydrogens (tertiary/aromatic N) is 1. The summed E-state index contributed by atoms with van der Waals surface area (Å²) < 4.78 is 16.0. The maximum Gasteiger partial charge on any atom is 0.258 e. The number of para-hydroxylation sites is 1. The second kappa shape index (κ2) is 12.0. The molecule has 38 heavy (non-hydrogen) atoms. The molecular weight excluding hydrogens is 479 g/mol. The van der Waals surface area contributed by atoms with E-state index < -0.39 is 6.10 Å². The number of aliphatic hydroxyl groups excluding tert-OH is 1. The molecule has 0 unspecified atom stereocenters. The zero-order valence-electron chi connectivity index (χ0n) is 21.9. The van der Waals surface area contributed by atoms with Crippen LogP contribution in [0.5, 0.6) is 0 Å². The van der Waals surface area contributed by atoms with Gasteiger partial charge in [-0.25, -0.2) is 4.39 Å². The molecule has 4 rings (SSSR count). The Balaban J connectivity index is 1.98. The fourth-order valence-electron chi connectivity index (χ4n) is 4.92. The maximum absolute atomic E-state index is 14.0. The number of hydrogen-bond donors (Lipinski definition) is 2. The van der Waals surface area contributed by atoms with Crippen LogP contribution in [0.25, 0.3) is 22.4 Å². The third kappa shape index (κ3) is 6.09. The van der Waals surface area contributed by atoms with Gasteiger partial charge in [0.05, 0.1) is 17.4 Å². The van der Waals surface area contributed by atoms with Gasteiger partial charge in [-0.3, -0.25) is 9.59 Å². The Morgan fingerprint density at radius 3 is 2.08 bits per heavy atom. The van der Waals surface area contributed by atoms with Crippen LogP contribution in [0.3, 0.4) is 0 Å². The Labute approximate surface area is 223 Å². The highest BCUT2D eigenvalue weighted by Gasteiger charge is 2.30. The van der Waals surface area contributed by atoms with E-state index in [1.807, 2.05) is 74.5 Å². The van der Waals surface area contributed by atoms with Crippen LogP contribution in [0.4, 0.5) is 10.1 Å². The summed E-state index contributed by atoms with van der Waals surface area (Å²) >= 11 is 0. The van der Waals surface area contributed by atoms with E-state index in [1.54, 1.807) is 12.1 Å². The zero-order valence-corrected chi connectivity index (χ0v) is 21.9. The molecule has 3 aromatic carbocycles. The molecule has 1 atom stereocenters. The molecule has 0 saturated carbocycles. The first kappa shape index (κ1) is 27.0. The van der Waals surface area contributed by atoms with Crippen molar-refractivity contribution in [3.05, 3.63) is 102 Å². The van der Waals surface area contributed by atoms with Crippen molar-refractivity contribution in [1.82, 2.24) is 4.57 Å². The second-order valence-corrected chi connectivity index (χ2v) is 9.83. The van der Waals surface area contributed by atoms with E-state index in [4.69, 9.17) is 0 Å². The van der Waals surface area contributed by atoms with Crippen LogP contribution in [0.2, 0.25) is 0 Å². The lowest BCUT2D eigenvalue weighted by atomic mass is 9.94. The molecule has 5 nitrogen and oxygen atoms in total. The molecule has 0 bridgehead atoms. The topological polar surface area (TPSA) is 71.3 Å². The average molecular weight is 513 g/mol. The molecule has 0 radical (unpaired) electrons. The summed E-state index contributed by atoms with van der Waals surface area (Å²) in [7, 11) is 0. The predicted octanol–water partition coefficient (Wildman–Crippen LogP) is 7.07. The SMILES string of the molecule is CC(=O)C[C@H](O)CCn1c(-c2ccc(F)cc2)c(-c2ccccc2)c(C(=O)Nc2ccccc2)c1C(C)C. The van der Waals surface area contributed by atoms with Crippen molar-refractivity contribution in [2.75, 3.05) is 5.32 Å². The lowest BCUT2D eigenvalue weighted by Gasteiger charge is -2.19. The number of benzene rings is 3. The highest BCUT2D eigenvalue weighted by atomic mass is 19.1. The van der Waals surface area contributed by atoms with E-state index in [1.165, 1.54) is 19.1 Å². The Hall–Kier alpha value is -4.03. The maximum atomic E-state index is 14.0. The summed E-state index contributed by atoms with van der Waals surface area (Å²) in [6, 6.07) is 25.2. The summed E-state index contributed by atoms with van der Waals surface area (Å²) in [5, 5.41) is 13.6. The number of aromatic nitrogens is 1. The van der Waals surface area contributed by atoms with Crippen LogP contribution in [0, 0.1) is 5.82 Å². The molecular formula is C32H33FN2O3. The third-order valence-corrected chi connectivity index (χ3v) is 6.50. The first-order chi connectivity index (χ1) is 18.3. The molecule has 2 N–H and O–H groups in total. The molecule has 196 valence electrons. The van der Waals surface area contributed by atoms with Gasteiger partial charge in [-0.15, -0.1) is 0 Å². The van der Waals surface area contributed by atoms with Crippen molar-refractivity contribution in [1.29, 1.82) is 0 Å². The lowest BCUT2D eigenvalue weighted by Crippen LogP contribution is -2.18. The number of rotatable bonds is 10. The standard InChI is InChI=1S/C32H33FN2O3/c1-21(2)30-29(32(38)34-26-12-8-5-9-13-26)28(23-10-6-4-7-11-23)31(24-14-16-25(33)17-15-24)35(30)19-18-27(37)20-22(3)36/h4-17,21,27,37H,18-20H2,1-3H3,(H,34,38)/t27-/m1/s1. The Morgan fingerprint density at radius 1 is 0.895 bits per heavy atom. The van der Waals surface area contributed by atoms with Gasteiger partial charge in [-0.2, -0.15) is 0 Å². The zero-order chi connectivity index (χ0) is 27.2. The van der Waals surface area contributed by atoms with Crippen LogP contribution < -0.4 is 5.32 Å². The fraction of sp³-hybridized carbons (Fsp3) is 0.250. The van der Waals surface area contributed by atoms with E-state index >= 15 is 0 Å². The van der Waals surface area contributed by atoms with Crippen molar-refractivity contribution in [3.63, 3.8) is 0 Å². The van der Waals surface area contributed by atoms with Gasteiger partial charge < -0.3 is 15.0 Å². The Bertz CT molecular complexity index is 1390. The van der Waals surface area contributed by atoms with Gasteiger partial charge in [0, 0.05) is 29.9 Å². The number of amides is 1. The largest absolute Gasteiger partial charge is 0.393 e. The smallest absolute Gasteiger partial charge is 0.258 e. The fourth-order valence-corrected chi connectivity index (χ4v) is 4.92. The number of ketones is 1. The van der Waals surface area contributed by atoms with Gasteiger partial charge in [0.1, 0.15) is 11.6 Å². The summed E-state index contributed by atoms with van der Waals surface area (Å²) in [6.45, 7) is 5.90. The number of carbonyl (C=O) groups is 2. The third-order valence-electron chi connectivity index (χ3n) is 6.50. The predicted molar refractivity (Wildman–Crippen MR) is 150 cm³/mol. The highest BCUT2D eigenvalue weighted by molar-refractivity contribution is 6.12.